The van der Waals surface area contributed by atoms with Crippen molar-refractivity contribution in [1.82, 2.24) is 10.3 Å². The van der Waals surface area contributed by atoms with Gasteiger partial charge in [-0.2, -0.15) is 0 Å². The van der Waals surface area contributed by atoms with Gasteiger partial charge in [0.1, 0.15) is 5.69 Å². The number of aliphatic hydroxyl groups excluding tert-OH is 1. The second-order valence-corrected chi connectivity index (χ2v) is 4.42. The number of hydrogen-bond donors (Lipinski definition) is 4. The Balaban J connectivity index is 1.97. The van der Waals surface area contributed by atoms with Gasteiger partial charge in [-0.3, -0.25) is 15.1 Å². The van der Waals surface area contributed by atoms with Crippen LogP contribution in [0.15, 0.2) is 35.3 Å². The lowest BCUT2D eigenvalue weighted by Crippen LogP contribution is -2.37. The van der Waals surface area contributed by atoms with E-state index in [4.69, 9.17) is 10.8 Å². The van der Waals surface area contributed by atoms with Gasteiger partial charge in [-0.05, 0) is 25.0 Å². The Labute approximate surface area is 116 Å². The molecule has 1 amide bonds. The molecule has 6 heteroatoms. The van der Waals surface area contributed by atoms with Crippen LogP contribution >= 0.6 is 0 Å². The van der Waals surface area contributed by atoms with Gasteiger partial charge >= 0.3 is 0 Å². The zero-order valence-corrected chi connectivity index (χ0v) is 11.1. The van der Waals surface area contributed by atoms with Gasteiger partial charge in [0, 0.05) is 24.1 Å². The van der Waals surface area contributed by atoms with Crippen molar-refractivity contribution < 1.29 is 9.90 Å². The van der Waals surface area contributed by atoms with Crippen LogP contribution in [0.2, 0.25) is 0 Å². The highest BCUT2D eigenvalue weighted by atomic mass is 16.2. The Morgan fingerprint density at radius 3 is 2.90 bits per heavy atom. The molecule has 0 saturated heterocycles. The number of aromatic amines is 1. The molecule has 0 fully saturated rings. The van der Waals surface area contributed by atoms with Crippen LogP contribution in [0.3, 0.4) is 0 Å². The van der Waals surface area contributed by atoms with E-state index in [0.717, 1.165) is 17.3 Å². The minimum absolute atomic E-state index is 0.0894. The van der Waals surface area contributed by atoms with E-state index in [2.05, 4.69) is 15.3 Å². The molecule has 0 spiro atoms. The predicted molar refractivity (Wildman–Crippen MR) is 78.6 cm³/mol. The van der Waals surface area contributed by atoms with E-state index in [1.807, 2.05) is 24.3 Å². The van der Waals surface area contributed by atoms with Crippen molar-refractivity contribution >= 4 is 22.8 Å². The third-order valence-electron chi connectivity index (χ3n) is 2.86. The van der Waals surface area contributed by atoms with Crippen LogP contribution in [0.5, 0.6) is 0 Å². The molecule has 0 aliphatic rings. The molecule has 2 aromatic rings. The third-order valence-corrected chi connectivity index (χ3v) is 2.86. The largest absolute Gasteiger partial charge is 0.396 e. The molecule has 20 heavy (non-hydrogen) atoms. The van der Waals surface area contributed by atoms with Gasteiger partial charge in [0.15, 0.2) is 5.96 Å². The van der Waals surface area contributed by atoms with Crippen LogP contribution < -0.4 is 11.1 Å². The maximum absolute atomic E-state index is 12.0. The number of carbonyl (C=O) groups excluding carboxylic acids is 1. The van der Waals surface area contributed by atoms with Gasteiger partial charge < -0.3 is 15.8 Å². The molecule has 0 bridgehead atoms. The van der Waals surface area contributed by atoms with E-state index >= 15 is 0 Å². The topological polar surface area (TPSA) is 104 Å². The highest BCUT2D eigenvalue weighted by Gasteiger charge is 2.09. The molecule has 0 saturated carbocycles. The zero-order chi connectivity index (χ0) is 14.4. The Morgan fingerprint density at radius 1 is 1.35 bits per heavy atom. The van der Waals surface area contributed by atoms with Crippen LogP contribution in [0.1, 0.15) is 23.3 Å². The Kier molecular flexibility index (Phi) is 4.73. The molecule has 0 aliphatic heterocycles. The number of H-pyrrole nitrogens is 1. The number of aliphatic hydroxyl groups is 1. The predicted octanol–water partition coefficient (Wildman–Crippen LogP) is 0.985. The minimum atomic E-state index is -0.315. The molecule has 1 heterocycles. The van der Waals surface area contributed by atoms with Crippen LogP contribution in [-0.2, 0) is 0 Å². The van der Waals surface area contributed by atoms with E-state index in [1.165, 1.54) is 0 Å². The van der Waals surface area contributed by atoms with Crippen LogP contribution in [0.4, 0.5) is 0 Å². The van der Waals surface area contributed by atoms with Crippen molar-refractivity contribution in [3.63, 3.8) is 0 Å². The first kappa shape index (κ1) is 14.1. The van der Waals surface area contributed by atoms with Crippen molar-refractivity contribution in [2.45, 2.75) is 12.8 Å². The van der Waals surface area contributed by atoms with E-state index in [1.54, 1.807) is 6.07 Å². The first-order valence-corrected chi connectivity index (χ1v) is 6.50. The number of unbranched alkanes of at least 4 members (excludes halogenated alkanes) is 1. The maximum atomic E-state index is 12.0. The second-order valence-electron chi connectivity index (χ2n) is 4.42. The Hall–Kier alpha value is -2.34. The number of nitrogens with two attached hydrogens (primary N) is 1. The summed E-state index contributed by atoms with van der Waals surface area (Å²) in [5.41, 5.74) is 6.97. The number of nitrogens with zero attached hydrogens (tertiary/aromatic N) is 1. The number of guanidine groups is 1. The van der Waals surface area contributed by atoms with Crippen LogP contribution in [-0.4, -0.2) is 35.1 Å². The third kappa shape index (κ3) is 3.58. The zero-order valence-electron chi connectivity index (χ0n) is 11.1. The highest BCUT2D eigenvalue weighted by molar-refractivity contribution is 6.06. The summed E-state index contributed by atoms with van der Waals surface area (Å²) in [6.45, 7) is 0.621. The number of para-hydroxylation sites is 1. The maximum Gasteiger partial charge on any atom is 0.274 e. The number of aromatic nitrogens is 1. The molecule has 5 N–H and O–H groups in total. The molecule has 0 unspecified atom stereocenters. The molecule has 6 nitrogen and oxygen atoms in total. The summed E-state index contributed by atoms with van der Waals surface area (Å²) in [4.78, 5) is 19.0. The lowest BCUT2D eigenvalue weighted by Gasteiger charge is -2.02. The lowest BCUT2D eigenvalue weighted by molar-refractivity contribution is 0.0972. The number of benzene rings is 1. The fourth-order valence-corrected chi connectivity index (χ4v) is 1.84. The van der Waals surface area contributed by atoms with Crippen molar-refractivity contribution in [2.24, 2.45) is 10.7 Å². The average molecular weight is 274 g/mol. The Bertz CT molecular complexity index is 585. The molecule has 106 valence electrons. The standard InChI is InChI=1S/C14H18N4O2/c15-14(16-7-3-4-8-19)18-13(20)12-9-10-5-1-2-6-11(10)17-12/h1-2,5-6,9,17,19H,3-4,7-8H2,(H3,15,16,18,20). The molecular weight excluding hydrogens is 256 g/mol. The van der Waals surface area contributed by atoms with Gasteiger partial charge in [0.05, 0.1) is 0 Å². The van der Waals surface area contributed by atoms with E-state index in [9.17, 15) is 4.79 Å². The first-order valence-electron chi connectivity index (χ1n) is 6.50. The highest BCUT2D eigenvalue weighted by Crippen LogP contribution is 2.14. The molecule has 1 aromatic carbocycles. The van der Waals surface area contributed by atoms with Gasteiger partial charge in [0.25, 0.3) is 5.91 Å². The fraction of sp³-hybridized carbons (Fsp3) is 0.286. The number of carbonyl (C=O) groups is 1. The fourth-order valence-electron chi connectivity index (χ4n) is 1.84. The van der Waals surface area contributed by atoms with E-state index in [0.29, 0.717) is 18.7 Å². The summed E-state index contributed by atoms with van der Waals surface area (Å²) in [6.07, 6.45) is 1.41. The van der Waals surface area contributed by atoms with Gasteiger partial charge in [-0.1, -0.05) is 18.2 Å². The summed E-state index contributed by atoms with van der Waals surface area (Å²) < 4.78 is 0. The summed E-state index contributed by atoms with van der Waals surface area (Å²) in [5, 5.41) is 12.1. The van der Waals surface area contributed by atoms with Gasteiger partial charge in [-0.15, -0.1) is 0 Å². The quantitative estimate of drug-likeness (QED) is 0.371. The molecule has 0 atom stereocenters. The van der Waals surface area contributed by atoms with Crippen LogP contribution in [0, 0.1) is 0 Å². The number of fused-ring (bicyclic) bond motifs is 1. The van der Waals surface area contributed by atoms with Crippen molar-refractivity contribution in [2.75, 3.05) is 13.2 Å². The number of amides is 1. The monoisotopic (exact) mass is 274 g/mol. The Morgan fingerprint density at radius 2 is 2.15 bits per heavy atom. The minimum Gasteiger partial charge on any atom is -0.396 e. The summed E-state index contributed by atoms with van der Waals surface area (Å²) >= 11 is 0. The molecular formula is C14H18N4O2. The van der Waals surface area contributed by atoms with E-state index in [-0.39, 0.29) is 18.5 Å². The van der Waals surface area contributed by atoms with Crippen LogP contribution in [0.25, 0.3) is 10.9 Å². The average Bonchev–Trinajstić information content (AvgIpc) is 2.87. The van der Waals surface area contributed by atoms with Crippen molar-refractivity contribution in [3.05, 3.63) is 36.0 Å². The first-order chi connectivity index (χ1) is 9.70. The smallest absolute Gasteiger partial charge is 0.274 e. The summed E-state index contributed by atoms with van der Waals surface area (Å²) in [5.74, 6) is -0.226. The molecule has 2 rings (SSSR count). The number of nitrogens with one attached hydrogen (secondary N) is 2. The van der Waals surface area contributed by atoms with Gasteiger partial charge in [0.2, 0.25) is 0 Å². The SMILES string of the molecule is NC(=NCCCCO)NC(=O)c1cc2ccccc2[nH]1. The number of hydrogen-bond acceptors (Lipinski definition) is 3. The molecule has 0 radical (unpaired) electrons. The molecule has 1 aromatic heterocycles. The normalized spacial score (nSPS) is 11.8. The summed E-state index contributed by atoms with van der Waals surface area (Å²) in [6, 6.07) is 9.41. The summed E-state index contributed by atoms with van der Waals surface area (Å²) in [7, 11) is 0. The van der Waals surface area contributed by atoms with E-state index < -0.39 is 0 Å². The molecule has 0 aliphatic carbocycles. The second kappa shape index (κ2) is 6.72. The number of rotatable bonds is 5. The van der Waals surface area contributed by atoms with Crippen molar-refractivity contribution in [1.29, 1.82) is 0 Å². The van der Waals surface area contributed by atoms with Crippen molar-refractivity contribution in [3.8, 4) is 0 Å². The van der Waals surface area contributed by atoms with Gasteiger partial charge in [-0.25, -0.2) is 0 Å². The lowest BCUT2D eigenvalue weighted by atomic mass is 10.2. The number of aliphatic imine (C=N–C) groups is 1.